The van der Waals surface area contributed by atoms with E-state index in [-0.39, 0.29) is 0 Å². The van der Waals surface area contributed by atoms with Gasteiger partial charge in [0.25, 0.3) is 0 Å². The summed E-state index contributed by atoms with van der Waals surface area (Å²) in [5.41, 5.74) is 5.68. The molecule has 0 aliphatic carbocycles. The predicted octanol–water partition coefficient (Wildman–Crippen LogP) is 1.60. The van der Waals surface area contributed by atoms with Crippen molar-refractivity contribution >= 4 is 0 Å². The third-order valence-corrected chi connectivity index (χ3v) is 3.05. The normalized spacial score (nSPS) is 28.8. The fourth-order valence-corrected chi connectivity index (χ4v) is 2.18. The van der Waals surface area contributed by atoms with Crippen molar-refractivity contribution in [2.75, 3.05) is 13.1 Å². The van der Waals surface area contributed by atoms with Crippen LogP contribution in [0.4, 0.5) is 0 Å². The lowest BCUT2D eigenvalue weighted by Gasteiger charge is -2.39. The molecule has 0 unspecified atom stereocenters. The van der Waals surface area contributed by atoms with Crippen LogP contribution >= 0.6 is 0 Å². The van der Waals surface area contributed by atoms with Crippen molar-refractivity contribution < 1.29 is 0 Å². The molecule has 0 amide bonds. The number of piperidine rings is 1. The molecule has 2 nitrogen and oxygen atoms in total. The van der Waals surface area contributed by atoms with Crippen LogP contribution in [0.3, 0.4) is 0 Å². The Labute approximate surface area is 76.1 Å². The molecule has 1 rings (SSSR count). The highest BCUT2D eigenvalue weighted by Gasteiger charge is 2.23. The zero-order valence-electron chi connectivity index (χ0n) is 8.42. The first-order chi connectivity index (χ1) is 5.79. The van der Waals surface area contributed by atoms with E-state index < -0.39 is 0 Å². The van der Waals surface area contributed by atoms with Crippen molar-refractivity contribution in [3.05, 3.63) is 0 Å². The zero-order chi connectivity index (χ0) is 8.97. The summed E-state index contributed by atoms with van der Waals surface area (Å²) in [5, 5.41) is 0. The van der Waals surface area contributed by atoms with Gasteiger partial charge >= 0.3 is 0 Å². The Kier molecular flexibility index (Phi) is 4.02. The average Bonchev–Trinajstić information content (AvgIpc) is 2.16. The maximum Gasteiger partial charge on any atom is 0.0193 e. The van der Waals surface area contributed by atoms with E-state index >= 15 is 0 Å². The van der Waals surface area contributed by atoms with Crippen molar-refractivity contribution in [3.63, 3.8) is 0 Å². The van der Waals surface area contributed by atoms with Crippen LogP contribution in [0.25, 0.3) is 0 Å². The molecule has 12 heavy (non-hydrogen) atoms. The number of rotatable bonds is 3. The maximum atomic E-state index is 5.68. The van der Waals surface area contributed by atoms with Gasteiger partial charge in [-0.1, -0.05) is 13.3 Å². The van der Waals surface area contributed by atoms with Gasteiger partial charge in [0, 0.05) is 18.6 Å². The number of likely N-dealkylation sites (tertiary alicyclic amines) is 1. The van der Waals surface area contributed by atoms with Crippen LogP contribution in [0.15, 0.2) is 0 Å². The molecular formula is C10H22N2. The summed E-state index contributed by atoms with van der Waals surface area (Å²) in [4.78, 5) is 2.59. The minimum atomic E-state index is 0.579. The second-order valence-electron chi connectivity index (χ2n) is 3.88. The van der Waals surface area contributed by atoms with Crippen LogP contribution in [0.2, 0.25) is 0 Å². The lowest BCUT2D eigenvalue weighted by molar-refractivity contribution is 0.104. The average molecular weight is 170 g/mol. The molecule has 2 atom stereocenters. The Balaban J connectivity index is 2.46. The van der Waals surface area contributed by atoms with E-state index in [1.54, 1.807) is 0 Å². The summed E-state index contributed by atoms with van der Waals surface area (Å²) in [5.74, 6) is 0. The first kappa shape index (κ1) is 10.0. The van der Waals surface area contributed by atoms with Gasteiger partial charge in [0.05, 0.1) is 0 Å². The third-order valence-electron chi connectivity index (χ3n) is 3.05. The fourth-order valence-electron chi connectivity index (χ4n) is 2.18. The minimum Gasteiger partial charge on any atom is -0.329 e. The molecule has 0 aromatic rings. The highest BCUT2D eigenvalue weighted by molar-refractivity contribution is 4.80. The highest BCUT2D eigenvalue weighted by atomic mass is 15.2. The molecule has 2 heteroatoms. The lowest BCUT2D eigenvalue weighted by atomic mass is 9.98. The van der Waals surface area contributed by atoms with E-state index in [9.17, 15) is 0 Å². The summed E-state index contributed by atoms with van der Waals surface area (Å²) in [7, 11) is 0. The highest BCUT2D eigenvalue weighted by Crippen LogP contribution is 2.21. The molecule has 1 fully saturated rings. The van der Waals surface area contributed by atoms with Crippen LogP contribution in [-0.4, -0.2) is 30.1 Å². The van der Waals surface area contributed by atoms with E-state index in [4.69, 9.17) is 5.73 Å². The van der Waals surface area contributed by atoms with Gasteiger partial charge in [0.15, 0.2) is 0 Å². The van der Waals surface area contributed by atoms with Gasteiger partial charge in [-0.2, -0.15) is 0 Å². The van der Waals surface area contributed by atoms with Crippen molar-refractivity contribution in [1.82, 2.24) is 4.90 Å². The van der Waals surface area contributed by atoms with E-state index in [1.165, 1.54) is 32.2 Å². The number of hydrogen-bond acceptors (Lipinski definition) is 2. The van der Waals surface area contributed by atoms with Gasteiger partial charge in [-0.05, 0) is 32.7 Å². The van der Waals surface area contributed by atoms with Crippen LogP contribution in [0.1, 0.15) is 39.5 Å². The molecule has 0 saturated carbocycles. The molecule has 1 aliphatic rings. The molecule has 0 spiro atoms. The Morgan fingerprint density at radius 1 is 1.50 bits per heavy atom. The van der Waals surface area contributed by atoms with Gasteiger partial charge < -0.3 is 5.73 Å². The molecule has 2 N–H and O–H groups in total. The first-order valence-corrected chi connectivity index (χ1v) is 5.25. The first-order valence-electron chi connectivity index (χ1n) is 5.25. The lowest BCUT2D eigenvalue weighted by Crippen LogP contribution is -2.47. The fraction of sp³-hybridized carbons (Fsp3) is 1.00. The zero-order valence-corrected chi connectivity index (χ0v) is 8.42. The van der Waals surface area contributed by atoms with Gasteiger partial charge in [-0.3, -0.25) is 4.90 Å². The van der Waals surface area contributed by atoms with Gasteiger partial charge in [0.1, 0.15) is 0 Å². The van der Waals surface area contributed by atoms with E-state index in [1.807, 2.05) is 0 Å². The summed E-state index contributed by atoms with van der Waals surface area (Å²) in [6.07, 6.45) is 5.43. The summed E-state index contributed by atoms with van der Waals surface area (Å²) in [6.45, 7) is 6.59. The minimum absolute atomic E-state index is 0.579. The Morgan fingerprint density at radius 2 is 2.25 bits per heavy atom. The summed E-state index contributed by atoms with van der Waals surface area (Å²) >= 11 is 0. The van der Waals surface area contributed by atoms with Crippen molar-refractivity contribution in [2.45, 2.75) is 51.6 Å². The standard InChI is InChI=1S/C10H22N2/c1-3-10-6-4-5-7-12(10)9(2)8-11/h9-10H,3-8,11H2,1-2H3/t9-,10-/m0/s1. The monoisotopic (exact) mass is 170 g/mol. The summed E-state index contributed by atoms with van der Waals surface area (Å²) < 4.78 is 0. The van der Waals surface area contributed by atoms with E-state index in [0.717, 1.165) is 12.6 Å². The van der Waals surface area contributed by atoms with Gasteiger partial charge in [-0.25, -0.2) is 0 Å². The quantitative estimate of drug-likeness (QED) is 0.697. The smallest absolute Gasteiger partial charge is 0.0193 e. The van der Waals surface area contributed by atoms with Gasteiger partial charge in [0.2, 0.25) is 0 Å². The topological polar surface area (TPSA) is 29.3 Å². The van der Waals surface area contributed by atoms with Gasteiger partial charge in [-0.15, -0.1) is 0 Å². The molecule has 1 saturated heterocycles. The maximum absolute atomic E-state index is 5.68. The Morgan fingerprint density at radius 3 is 2.83 bits per heavy atom. The largest absolute Gasteiger partial charge is 0.329 e. The molecule has 0 bridgehead atoms. The van der Waals surface area contributed by atoms with E-state index in [2.05, 4.69) is 18.7 Å². The van der Waals surface area contributed by atoms with E-state index in [0.29, 0.717) is 6.04 Å². The molecule has 0 radical (unpaired) electrons. The molecule has 0 aromatic carbocycles. The molecular weight excluding hydrogens is 148 g/mol. The van der Waals surface area contributed by atoms with Crippen molar-refractivity contribution in [3.8, 4) is 0 Å². The van der Waals surface area contributed by atoms with Crippen LogP contribution < -0.4 is 5.73 Å². The number of hydrogen-bond donors (Lipinski definition) is 1. The van der Waals surface area contributed by atoms with Crippen LogP contribution in [0, 0.1) is 0 Å². The number of nitrogens with two attached hydrogens (primary N) is 1. The summed E-state index contributed by atoms with van der Waals surface area (Å²) in [6, 6.07) is 1.38. The molecule has 0 aromatic heterocycles. The third kappa shape index (κ3) is 2.20. The Bertz CT molecular complexity index is 125. The molecule has 1 heterocycles. The van der Waals surface area contributed by atoms with Crippen LogP contribution in [-0.2, 0) is 0 Å². The number of nitrogens with zero attached hydrogens (tertiary/aromatic N) is 1. The van der Waals surface area contributed by atoms with Crippen molar-refractivity contribution in [2.24, 2.45) is 5.73 Å². The SMILES string of the molecule is CC[C@H]1CCCCN1[C@@H](C)CN. The molecule has 72 valence electrons. The molecule has 1 aliphatic heterocycles. The predicted molar refractivity (Wildman–Crippen MR) is 53.2 cm³/mol. The second-order valence-corrected chi connectivity index (χ2v) is 3.88. The van der Waals surface area contributed by atoms with Crippen LogP contribution in [0.5, 0.6) is 0 Å². The Hall–Kier alpha value is -0.0800. The van der Waals surface area contributed by atoms with Crippen molar-refractivity contribution in [1.29, 1.82) is 0 Å². The second kappa shape index (κ2) is 4.83.